The molecule has 0 saturated heterocycles. The number of rotatable bonds is 5. The van der Waals surface area contributed by atoms with E-state index in [1.807, 2.05) is 0 Å². The molecule has 8 nitrogen and oxygen atoms in total. The summed E-state index contributed by atoms with van der Waals surface area (Å²) in [5, 5.41) is 14.3. The van der Waals surface area contributed by atoms with Crippen LogP contribution < -0.4 is 15.0 Å². The number of methoxy groups -OCH3 is 1. The number of pyridine rings is 1. The van der Waals surface area contributed by atoms with Crippen molar-refractivity contribution in [2.75, 3.05) is 17.3 Å². The van der Waals surface area contributed by atoms with Crippen LogP contribution in [0.2, 0.25) is 0 Å². The number of carbonyl (C=O) groups excluding carboxylic acids is 1. The maximum absolute atomic E-state index is 13.1. The van der Waals surface area contributed by atoms with Crippen LogP contribution in [0.3, 0.4) is 0 Å². The first-order valence-electron chi connectivity index (χ1n) is 8.93. The molecular weight excluding hydrogens is 372 g/mol. The van der Waals surface area contributed by atoms with Crippen molar-refractivity contribution in [1.29, 1.82) is 0 Å². The number of fused-ring (bicyclic) bond motifs is 1. The molecule has 146 valence electrons. The molecule has 1 aliphatic rings. The van der Waals surface area contributed by atoms with E-state index < -0.39 is 11.1 Å². The fourth-order valence-corrected chi connectivity index (χ4v) is 3.40. The largest absolute Gasteiger partial charge is 0.497 e. The number of aryl methyl sites for hydroxylation is 1. The van der Waals surface area contributed by atoms with Gasteiger partial charge in [-0.25, -0.2) is 0 Å². The van der Waals surface area contributed by atoms with Gasteiger partial charge in [-0.3, -0.25) is 24.8 Å². The third kappa shape index (κ3) is 3.25. The normalized spacial score (nSPS) is 15.2. The molecule has 4 rings (SSSR count). The molecule has 29 heavy (non-hydrogen) atoms. The van der Waals surface area contributed by atoms with Crippen molar-refractivity contribution in [3.63, 3.8) is 0 Å². The average molecular weight is 390 g/mol. The molecule has 8 heteroatoms. The molecule has 1 N–H and O–H groups in total. The number of benzene rings is 2. The predicted molar refractivity (Wildman–Crippen MR) is 108 cm³/mol. The van der Waals surface area contributed by atoms with Crippen molar-refractivity contribution in [2.24, 2.45) is 0 Å². The molecule has 0 saturated carbocycles. The first-order valence-corrected chi connectivity index (χ1v) is 8.93. The Balaban J connectivity index is 1.75. The maximum atomic E-state index is 13.1. The zero-order chi connectivity index (χ0) is 20.5. The second-order valence-electron chi connectivity index (χ2n) is 6.61. The molecule has 2 aromatic carbocycles. The van der Waals surface area contributed by atoms with Crippen LogP contribution in [-0.4, -0.2) is 22.9 Å². The molecule has 0 bridgehead atoms. The summed E-state index contributed by atoms with van der Waals surface area (Å²) in [7, 11) is 1.58. The molecule has 0 radical (unpaired) electrons. The standard InChI is InChI=1S/C21H18N4O4/c1-13-12-15(25(27)28)7-10-18(13)23-20-19-17(4-3-11-22-19)21(26)24(20)14-5-8-16(29-2)9-6-14/h3-12,20,23H,1-2H3. The van der Waals surface area contributed by atoms with Crippen molar-refractivity contribution in [2.45, 2.75) is 13.1 Å². The summed E-state index contributed by atoms with van der Waals surface area (Å²) in [6, 6.07) is 15.2. The topological polar surface area (TPSA) is 97.6 Å². The summed E-state index contributed by atoms with van der Waals surface area (Å²) in [6.45, 7) is 1.78. The Kier molecular flexibility index (Phi) is 4.59. The Morgan fingerprint density at radius 2 is 1.93 bits per heavy atom. The van der Waals surface area contributed by atoms with Crippen molar-refractivity contribution >= 4 is 23.0 Å². The number of nitro groups is 1. The lowest BCUT2D eigenvalue weighted by atomic mass is 10.1. The van der Waals surface area contributed by atoms with E-state index in [1.54, 1.807) is 67.6 Å². The van der Waals surface area contributed by atoms with Crippen molar-refractivity contribution in [3.05, 3.63) is 87.7 Å². The molecule has 2 heterocycles. The molecule has 1 aliphatic heterocycles. The molecule has 3 aromatic rings. The lowest BCUT2D eigenvalue weighted by Crippen LogP contribution is -2.32. The van der Waals surface area contributed by atoms with Crippen molar-refractivity contribution in [3.8, 4) is 5.75 Å². The number of hydrogen-bond acceptors (Lipinski definition) is 6. The van der Waals surface area contributed by atoms with Gasteiger partial charge in [0.25, 0.3) is 11.6 Å². The van der Waals surface area contributed by atoms with E-state index in [0.717, 1.165) is 0 Å². The number of carbonyl (C=O) groups is 1. The van der Waals surface area contributed by atoms with E-state index in [-0.39, 0.29) is 11.6 Å². The van der Waals surface area contributed by atoms with E-state index in [9.17, 15) is 14.9 Å². The monoisotopic (exact) mass is 390 g/mol. The van der Waals surface area contributed by atoms with Crippen LogP contribution >= 0.6 is 0 Å². The van der Waals surface area contributed by atoms with Gasteiger partial charge in [-0.1, -0.05) is 0 Å². The van der Waals surface area contributed by atoms with E-state index >= 15 is 0 Å². The zero-order valence-corrected chi connectivity index (χ0v) is 15.8. The van der Waals surface area contributed by atoms with Gasteiger partial charge in [0.2, 0.25) is 0 Å². The average Bonchev–Trinajstić information content (AvgIpc) is 3.01. The Labute approximate surface area is 166 Å². The van der Waals surface area contributed by atoms with Gasteiger partial charge >= 0.3 is 0 Å². The fourth-order valence-electron chi connectivity index (χ4n) is 3.40. The number of aromatic nitrogens is 1. The smallest absolute Gasteiger partial charge is 0.269 e. The van der Waals surface area contributed by atoms with Crippen molar-refractivity contribution < 1.29 is 14.5 Å². The Morgan fingerprint density at radius 3 is 2.59 bits per heavy atom. The molecule has 0 fully saturated rings. The van der Waals surface area contributed by atoms with Gasteiger partial charge in [-0.2, -0.15) is 0 Å². The number of nitrogens with zero attached hydrogens (tertiary/aromatic N) is 3. The quantitative estimate of drug-likeness (QED) is 0.521. The summed E-state index contributed by atoms with van der Waals surface area (Å²) >= 11 is 0. The first-order chi connectivity index (χ1) is 14.0. The van der Waals surface area contributed by atoms with Gasteiger partial charge in [0.1, 0.15) is 5.75 Å². The van der Waals surface area contributed by atoms with Gasteiger partial charge in [-0.05, 0) is 55.0 Å². The molecule has 1 aromatic heterocycles. The summed E-state index contributed by atoms with van der Waals surface area (Å²) < 4.78 is 5.20. The third-order valence-electron chi connectivity index (χ3n) is 4.87. The minimum absolute atomic E-state index is 0.0149. The molecule has 1 amide bonds. The molecular formula is C21H18N4O4. The van der Waals surface area contributed by atoms with Crippen LogP contribution in [0.1, 0.15) is 27.8 Å². The van der Waals surface area contributed by atoms with Crippen LogP contribution in [-0.2, 0) is 0 Å². The van der Waals surface area contributed by atoms with Crippen LogP contribution in [0, 0.1) is 17.0 Å². The first kappa shape index (κ1) is 18.4. The maximum Gasteiger partial charge on any atom is 0.269 e. The number of ether oxygens (including phenoxy) is 1. The summed E-state index contributed by atoms with van der Waals surface area (Å²) in [5.74, 6) is 0.516. The molecule has 0 spiro atoms. The van der Waals surface area contributed by atoms with Gasteiger partial charge in [0.15, 0.2) is 6.17 Å². The highest BCUT2D eigenvalue weighted by atomic mass is 16.6. The fraction of sp³-hybridized carbons (Fsp3) is 0.143. The second-order valence-corrected chi connectivity index (χ2v) is 6.61. The number of amides is 1. The Bertz CT molecular complexity index is 1100. The summed E-state index contributed by atoms with van der Waals surface area (Å²) in [4.78, 5) is 29.7. The van der Waals surface area contributed by atoms with Gasteiger partial charge in [-0.15, -0.1) is 0 Å². The van der Waals surface area contributed by atoms with Gasteiger partial charge in [0, 0.05) is 29.7 Å². The third-order valence-corrected chi connectivity index (χ3v) is 4.87. The van der Waals surface area contributed by atoms with Crippen LogP contribution in [0.15, 0.2) is 60.8 Å². The highest BCUT2D eigenvalue weighted by molar-refractivity contribution is 6.11. The molecule has 0 aliphatic carbocycles. The van der Waals surface area contributed by atoms with Crippen LogP contribution in [0.25, 0.3) is 0 Å². The van der Waals surface area contributed by atoms with E-state index in [4.69, 9.17) is 4.74 Å². The lowest BCUT2D eigenvalue weighted by molar-refractivity contribution is -0.384. The number of non-ortho nitro benzene ring substituents is 1. The number of anilines is 2. The summed E-state index contributed by atoms with van der Waals surface area (Å²) in [6.07, 6.45) is 1.09. The molecule has 1 unspecified atom stereocenters. The zero-order valence-electron chi connectivity index (χ0n) is 15.8. The summed E-state index contributed by atoms with van der Waals surface area (Å²) in [5.41, 5.74) is 3.20. The van der Waals surface area contributed by atoms with E-state index in [2.05, 4.69) is 10.3 Å². The molecule has 1 atom stereocenters. The predicted octanol–water partition coefficient (Wildman–Crippen LogP) is 4.08. The van der Waals surface area contributed by atoms with Gasteiger partial charge in [0.05, 0.1) is 23.3 Å². The van der Waals surface area contributed by atoms with E-state index in [1.165, 1.54) is 12.1 Å². The second kappa shape index (κ2) is 7.23. The minimum Gasteiger partial charge on any atom is -0.497 e. The van der Waals surface area contributed by atoms with Crippen LogP contribution in [0.4, 0.5) is 17.1 Å². The highest BCUT2D eigenvalue weighted by Crippen LogP contribution is 2.38. The van der Waals surface area contributed by atoms with Gasteiger partial charge < -0.3 is 10.1 Å². The minimum atomic E-state index is -0.549. The van der Waals surface area contributed by atoms with Crippen molar-refractivity contribution in [1.82, 2.24) is 4.98 Å². The number of nitrogens with one attached hydrogen (secondary N) is 1. The number of nitro benzene ring substituents is 1. The number of hydrogen-bond donors (Lipinski definition) is 1. The Morgan fingerprint density at radius 1 is 1.17 bits per heavy atom. The Hall–Kier alpha value is -3.94. The highest BCUT2D eigenvalue weighted by Gasteiger charge is 2.39. The van der Waals surface area contributed by atoms with E-state index in [0.29, 0.717) is 33.9 Å². The lowest BCUT2D eigenvalue weighted by Gasteiger charge is -2.27. The van der Waals surface area contributed by atoms with Crippen LogP contribution in [0.5, 0.6) is 5.75 Å². The SMILES string of the molecule is COc1ccc(N2C(=O)c3cccnc3C2Nc2ccc([N+](=O)[O-])cc2C)cc1.